The van der Waals surface area contributed by atoms with Crippen LogP contribution in [0.15, 0.2) is 30.7 Å². The van der Waals surface area contributed by atoms with Gasteiger partial charge in [-0.25, -0.2) is 4.98 Å². The van der Waals surface area contributed by atoms with Crippen molar-refractivity contribution in [3.63, 3.8) is 0 Å². The van der Waals surface area contributed by atoms with Crippen LogP contribution in [-0.2, 0) is 24.1 Å². The van der Waals surface area contributed by atoms with Crippen molar-refractivity contribution in [1.29, 1.82) is 0 Å². The number of pyridine rings is 2. The van der Waals surface area contributed by atoms with Gasteiger partial charge in [-0.3, -0.25) is 4.79 Å². The summed E-state index contributed by atoms with van der Waals surface area (Å²) < 4.78 is 2.09. The zero-order valence-electron chi connectivity index (χ0n) is 22.2. The first-order chi connectivity index (χ1) is 16.2. The van der Waals surface area contributed by atoms with Gasteiger partial charge in [0.15, 0.2) is 0 Å². The topological polar surface area (TPSA) is 59.3 Å². The molecule has 1 aliphatic carbocycles. The average Bonchev–Trinajstić information content (AvgIpc) is 2.99. The van der Waals surface area contributed by atoms with Crippen LogP contribution in [0.2, 0.25) is 0 Å². The van der Waals surface area contributed by atoms with E-state index in [0.717, 1.165) is 55.6 Å². The Labute approximate surface area is 223 Å². The average molecular weight is 467 g/mol. The van der Waals surface area contributed by atoms with E-state index in [9.17, 15) is 4.79 Å². The molecule has 3 aromatic rings. The van der Waals surface area contributed by atoms with Gasteiger partial charge >= 0.3 is 18.9 Å². The van der Waals surface area contributed by atoms with E-state index in [1.54, 1.807) is 0 Å². The molecule has 1 unspecified atom stereocenters. The number of nitrogens with one attached hydrogen (secondary N) is 1. The van der Waals surface area contributed by atoms with Crippen molar-refractivity contribution in [2.45, 2.75) is 84.7 Å². The number of ketones is 1. The molecule has 0 amide bonds. The monoisotopic (exact) mass is 466 g/mol. The maximum absolute atomic E-state index is 12.7. The molecule has 3 atom stereocenters. The van der Waals surface area contributed by atoms with Crippen LogP contribution in [-0.4, -0.2) is 32.2 Å². The maximum Gasteiger partial charge on any atom is 1.00 e. The molecule has 1 N–H and O–H groups in total. The normalized spacial score (nSPS) is 16.8. The minimum Gasteiger partial charge on any atom is -0.387 e. The Morgan fingerprint density at radius 3 is 2.60 bits per heavy atom. The van der Waals surface area contributed by atoms with E-state index in [1.807, 2.05) is 33.0 Å². The molecule has 0 spiro atoms. The third-order valence-corrected chi connectivity index (χ3v) is 6.31. The van der Waals surface area contributed by atoms with E-state index >= 15 is 0 Å². The second-order valence-electron chi connectivity index (χ2n) is 9.71. The van der Waals surface area contributed by atoms with Crippen LogP contribution in [0.1, 0.15) is 67.6 Å². The first kappa shape index (κ1) is 29.3. The minimum atomic E-state index is 0. The van der Waals surface area contributed by atoms with Crippen molar-refractivity contribution >= 4 is 11.4 Å². The smallest absolute Gasteiger partial charge is 0.387 e. The molecular formula is C29H39LiN4O-2. The van der Waals surface area contributed by atoms with Crippen molar-refractivity contribution in [1.82, 2.24) is 19.7 Å². The summed E-state index contributed by atoms with van der Waals surface area (Å²) in [7, 11) is 0. The fraction of sp³-hybridized carbons (Fsp3) is 0.483. The molecule has 0 aromatic carbocycles. The Morgan fingerprint density at radius 2 is 1.91 bits per heavy atom. The standard InChI is InChI=1S/C23H26N3O.C6H13N.Li/c1-16-13-23-25-17(2)14-26(23)15-20(16)5-3-7-22(27)19-9-8-18-6-4-12-24-21(18)11-10-19;1-5(2)7-6(3)4;/h4,12-15,19H,3,5,7-11H2,1-2H3;5-7H,1,3H2,2,4H3;/q-1;-2;+1/t;5-,6+;. The van der Waals surface area contributed by atoms with Crippen molar-refractivity contribution in [3.05, 3.63) is 78.7 Å². The molecule has 35 heavy (non-hydrogen) atoms. The van der Waals surface area contributed by atoms with E-state index in [0.29, 0.717) is 24.3 Å². The van der Waals surface area contributed by atoms with Crippen LogP contribution < -0.4 is 24.2 Å². The van der Waals surface area contributed by atoms with E-state index in [1.165, 1.54) is 16.7 Å². The molecule has 0 saturated heterocycles. The summed E-state index contributed by atoms with van der Waals surface area (Å²) in [6, 6.07) is 7.93. The molecule has 0 bridgehead atoms. The summed E-state index contributed by atoms with van der Waals surface area (Å²) in [5.41, 5.74) is 6.92. The minimum absolute atomic E-state index is 0. The molecule has 3 heterocycles. The molecular weight excluding hydrogens is 427 g/mol. The van der Waals surface area contributed by atoms with Crippen LogP contribution in [0, 0.1) is 39.7 Å². The third-order valence-electron chi connectivity index (χ3n) is 6.31. The first-order valence-electron chi connectivity index (χ1n) is 12.5. The number of aryl methyl sites for hydroxylation is 5. The number of hydrogen-bond acceptors (Lipinski definition) is 4. The summed E-state index contributed by atoms with van der Waals surface area (Å²) in [5, 5.41) is 3.08. The summed E-state index contributed by atoms with van der Waals surface area (Å²) >= 11 is 0. The zero-order valence-corrected chi connectivity index (χ0v) is 22.2. The number of carbonyl (C=O) groups excluding carboxylic acids is 1. The van der Waals surface area contributed by atoms with Gasteiger partial charge in [0.05, 0.1) is 5.69 Å². The molecule has 0 saturated carbocycles. The van der Waals surface area contributed by atoms with Crippen molar-refractivity contribution in [2.24, 2.45) is 5.92 Å². The van der Waals surface area contributed by atoms with Gasteiger partial charge in [-0.15, -0.1) is 17.6 Å². The van der Waals surface area contributed by atoms with Crippen molar-refractivity contribution in [2.75, 3.05) is 0 Å². The maximum atomic E-state index is 12.7. The fourth-order valence-corrected chi connectivity index (χ4v) is 4.66. The van der Waals surface area contributed by atoms with Gasteiger partial charge in [0.2, 0.25) is 0 Å². The van der Waals surface area contributed by atoms with E-state index in [-0.39, 0.29) is 24.8 Å². The number of imidazole rings is 1. The second-order valence-corrected chi connectivity index (χ2v) is 9.71. The summed E-state index contributed by atoms with van der Waals surface area (Å²) in [5.74, 6) is 0.590. The Balaban J connectivity index is 0.000000476. The van der Waals surface area contributed by atoms with Crippen LogP contribution in [0.25, 0.3) is 5.65 Å². The largest absolute Gasteiger partial charge is 1.00 e. The van der Waals surface area contributed by atoms with Gasteiger partial charge in [0, 0.05) is 24.7 Å². The van der Waals surface area contributed by atoms with Gasteiger partial charge in [0.1, 0.15) is 11.4 Å². The molecule has 1 aliphatic rings. The third kappa shape index (κ3) is 8.90. The SMILES string of the molecule is Cc1cn2cc(CCCC(=O)C3CCc4[c-]ccnc4CC3)c(C)cc2n1.[CH2-][C@H](C)N[C@@H]([CH2-])C.[Li+]. The van der Waals surface area contributed by atoms with Crippen LogP contribution in [0.3, 0.4) is 0 Å². The van der Waals surface area contributed by atoms with Gasteiger partial charge in [0.25, 0.3) is 0 Å². The van der Waals surface area contributed by atoms with Crippen LogP contribution in [0.4, 0.5) is 0 Å². The number of aromatic nitrogens is 3. The zero-order chi connectivity index (χ0) is 24.7. The van der Waals surface area contributed by atoms with Gasteiger partial charge < -0.3 is 28.5 Å². The summed E-state index contributed by atoms with van der Waals surface area (Å²) in [6.07, 6.45) is 12.2. The molecule has 184 valence electrons. The molecule has 3 aromatic heterocycles. The number of nitrogens with zero attached hydrogens (tertiary/aromatic N) is 3. The van der Waals surface area contributed by atoms with Crippen LogP contribution in [0.5, 0.6) is 0 Å². The predicted octanol–water partition coefficient (Wildman–Crippen LogP) is 2.26. The summed E-state index contributed by atoms with van der Waals surface area (Å²) in [6.45, 7) is 15.6. The van der Waals surface area contributed by atoms with Crippen molar-refractivity contribution in [3.8, 4) is 0 Å². The second kappa shape index (κ2) is 14.0. The Kier molecular flexibility index (Phi) is 11.7. The quantitative estimate of drug-likeness (QED) is 0.330. The molecule has 0 fully saturated rings. The number of fused-ring (bicyclic) bond motifs is 2. The Morgan fingerprint density at radius 1 is 1.20 bits per heavy atom. The van der Waals surface area contributed by atoms with Gasteiger partial charge in [-0.05, 0) is 63.1 Å². The van der Waals surface area contributed by atoms with Gasteiger partial charge in [-0.2, -0.15) is 12.1 Å². The molecule has 6 heteroatoms. The fourth-order valence-electron chi connectivity index (χ4n) is 4.66. The Bertz CT molecular complexity index is 1060. The van der Waals surface area contributed by atoms with Crippen molar-refractivity contribution < 1.29 is 23.7 Å². The Hall–Kier alpha value is -1.93. The number of Topliss-reactive ketones (excluding diaryl/α,β-unsaturated/α-hetero) is 1. The predicted molar refractivity (Wildman–Crippen MR) is 139 cm³/mol. The van der Waals surface area contributed by atoms with E-state index in [2.05, 4.69) is 65.0 Å². The number of hydrogen-bond donors (Lipinski definition) is 1. The number of carbonyl (C=O) groups is 1. The van der Waals surface area contributed by atoms with Crippen LogP contribution >= 0.6 is 0 Å². The first-order valence-corrected chi connectivity index (χ1v) is 12.5. The van der Waals surface area contributed by atoms with Gasteiger partial charge in [-0.1, -0.05) is 32.2 Å². The van der Waals surface area contributed by atoms with E-state index < -0.39 is 0 Å². The number of rotatable bonds is 7. The molecule has 0 aliphatic heterocycles. The summed E-state index contributed by atoms with van der Waals surface area (Å²) in [4.78, 5) is 21.7. The van der Waals surface area contributed by atoms with E-state index in [4.69, 9.17) is 0 Å². The molecule has 4 rings (SSSR count). The molecule has 5 nitrogen and oxygen atoms in total. The molecule has 0 radical (unpaired) electrons.